The summed E-state index contributed by atoms with van der Waals surface area (Å²) in [5.41, 5.74) is 0.718. The molecule has 0 fully saturated rings. The summed E-state index contributed by atoms with van der Waals surface area (Å²) < 4.78 is 19.7. The second-order valence-corrected chi connectivity index (χ2v) is 5.40. The van der Waals surface area contributed by atoms with Gasteiger partial charge in [0, 0.05) is 12.0 Å². The standard InChI is InChI=1S/C18H20FNO2/c1-4-6-13-9-10-14(18(2,19)12-11-13)15-7-5-8-16(20-15)17(21)22-3/h4-8,10-11H,9,12H2,1-3H3/b6-4+. The summed E-state index contributed by atoms with van der Waals surface area (Å²) >= 11 is 0. The number of allylic oxidation sites excluding steroid dienone is 6. The second kappa shape index (κ2) is 6.69. The summed E-state index contributed by atoms with van der Waals surface area (Å²) in [5, 5.41) is 0. The Kier molecular flexibility index (Phi) is 4.91. The number of esters is 1. The molecule has 3 nitrogen and oxygen atoms in total. The number of alkyl halides is 1. The third-order valence-electron chi connectivity index (χ3n) is 3.65. The molecule has 0 aliphatic heterocycles. The van der Waals surface area contributed by atoms with Crippen LogP contribution in [-0.4, -0.2) is 23.7 Å². The predicted octanol–water partition coefficient (Wildman–Crippen LogP) is 4.28. The van der Waals surface area contributed by atoms with Crippen molar-refractivity contribution in [1.82, 2.24) is 4.98 Å². The van der Waals surface area contributed by atoms with Gasteiger partial charge in [-0.1, -0.05) is 30.4 Å². The average molecular weight is 301 g/mol. The van der Waals surface area contributed by atoms with Crippen LogP contribution in [0.15, 0.2) is 48.1 Å². The fraction of sp³-hybridized carbons (Fsp3) is 0.333. The van der Waals surface area contributed by atoms with Crippen LogP contribution in [0.5, 0.6) is 0 Å². The van der Waals surface area contributed by atoms with Crippen LogP contribution in [0.2, 0.25) is 0 Å². The van der Waals surface area contributed by atoms with Gasteiger partial charge >= 0.3 is 5.97 Å². The Morgan fingerprint density at radius 1 is 1.41 bits per heavy atom. The molecule has 4 heteroatoms. The summed E-state index contributed by atoms with van der Waals surface area (Å²) in [6, 6.07) is 4.97. The van der Waals surface area contributed by atoms with E-state index in [9.17, 15) is 4.79 Å². The Labute approximate surface area is 130 Å². The Hall–Kier alpha value is -2.23. The van der Waals surface area contributed by atoms with E-state index in [1.807, 2.05) is 31.2 Å². The molecule has 1 aliphatic carbocycles. The minimum atomic E-state index is -1.52. The number of hydrogen-bond donors (Lipinski definition) is 0. The Balaban J connectivity index is 2.40. The lowest BCUT2D eigenvalue weighted by Gasteiger charge is -2.21. The quantitative estimate of drug-likeness (QED) is 0.782. The van der Waals surface area contributed by atoms with Crippen LogP contribution in [0.3, 0.4) is 0 Å². The van der Waals surface area contributed by atoms with Gasteiger partial charge in [0.1, 0.15) is 11.4 Å². The van der Waals surface area contributed by atoms with Crippen molar-refractivity contribution in [3.63, 3.8) is 0 Å². The summed E-state index contributed by atoms with van der Waals surface area (Å²) in [6.45, 7) is 3.48. The second-order valence-electron chi connectivity index (χ2n) is 5.40. The van der Waals surface area contributed by atoms with E-state index in [1.54, 1.807) is 25.1 Å². The largest absolute Gasteiger partial charge is 0.464 e. The van der Waals surface area contributed by atoms with E-state index in [4.69, 9.17) is 0 Å². The van der Waals surface area contributed by atoms with E-state index in [0.29, 0.717) is 17.7 Å². The Morgan fingerprint density at radius 3 is 2.86 bits per heavy atom. The molecule has 0 spiro atoms. The van der Waals surface area contributed by atoms with Gasteiger partial charge in [-0.3, -0.25) is 0 Å². The highest BCUT2D eigenvalue weighted by atomic mass is 19.1. The molecule has 1 aromatic heterocycles. The van der Waals surface area contributed by atoms with Gasteiger partial charge in [0.2, 0.25) is 0 Å². The van der Waals surface area contributed by atoms with Crippen molar-refractivity contribution < 1.29 is 13.9 Å². The summed E-state index contributed by atoms with van der Waals surface area (Å²) in [5.74, 6) is -0.524. The topological polar surface area (TPSA) is 39.2 Å². The van der Waals surface area contributed by atoms with E-state index in [2.05, 4.69) is 9.72 Å². The zero-order valence-electron chi connectivity index (χ0n) is 13.1. The van der Waals surface area contributed by atoms with Crippen LogP contribution in [0, 0.1) is 0 Å². The molecule has 0 N–H and O–H groups in total. The van der Waals surface area contributed by atoms with E-state index in [-0.39, 0.29) is 12.1 Å². The molecule has 0 radical (unpaired) electrons. The van der Waals surface area contributed by atoms with E-state index >= 15 is 4.39 Å². The zero-order valence-corrected chi connectivity index (χ0v) is 13.1. The predicted molar refractivity (Wildman–Crippen MR) is 85.2 cm³/mol. The molecule has 1 aromatic rings. The monoisotopic (exact) mass is 301 g/mol. The first-order valence-electron chi connectivity index (χ1n) is 7.25. The Morgan fingerprint density at radius 2 is 2.18 bits per heavy atom. The molecule has 0 amide bonds. The lowest BCUT2D eigenvalue weighted by Crippen LogP contribution is -2.20. The maximum absolute atomic E-state index is 15.0. The number of aromatic nitrogens is 1. The highest BCUT2D eigenvalue weighted by molar-refractivity contribution is 5.87. The molecule has 2 rings (SSSR count). The number of nitrogens with zero attached hydrogens (tertiary/aromatic N) is 1. The van der Waals surface area contributed by atoms with E-state index < -0.39 is 11.6 Å². The molecule has 22 heavy (non-hydrogen) atoms. The van der Waals surface area contributed by atoms with Gasteiger partial charge in [-0.2, -0.15) is 0 Å². The summed E-state index contributed by atoms with van der Waals surface area (Å²) in [4.78, 5) is 15.8. The number of methoxy groups -OCH3 is 1. The maximum atomic E-state index is 15.0. The third-order valence-corrected chi connectivity index (χ3v) is 3.65. The van der Waals surface area contributed by atoms with Gasteiger partial charge in [0.05, 0.1) is 12.8 Å². The molecule has 1 atom stereocenters. The fourth-order valence-corrected chi connectivity index (χ4v) is 2.47. The number of rotatable bonds is 3. The molecule has 0 aromatic carbocycles. The number of ether oxygens (including phenoxy) is 1. The fourth-order valence-electron chi connectivity index (χ4n) is 2.47. The van der Waals surface area contributed by atoms with Gasteiger partial charge in [-0.15, -0.1) is 0 Å². The minimum Gasteiger partial charge on any atom is -0.464 e. The average Bonchev–Trinajstić information content (AvgIpc) is 2.66. The van der Waals surface area contributed by atoms with Gasteiger partial charge in [0.15, 0.2) is 0 Å². The summed E-state index contributed by atoms with van der Waals surface area (Å²) in [6.07, 6.45) is 8.60. The van der Waals surface area contributed by atoms with Crippen LogP contribution < -0.4 is 0 Å². The van der Waals surface area contributed by atoms with Crippen LogP contribution >= 0.6 is 0 Å². The first-order valence-corrected chi connectivity index (χ1v) is 7.25. The van der Waals surface area contributed by atoms with Crippen molar-refractivity contribution in [3.8, 4) is 0 Å². The molecule has 1 aliphatic rings. The highest BCUT2D eigenvalue weighted by Gasteiger charge is 2.31. The van der Waals surface area contributed by atoms with Crippen molar-refractivity contribution in [2.75, 3.05) is 7.11 Å². The smallest absolute Gasteiger partial charge is 0.356 e. The number of carbonyl (C=O) groups excluding carboxylic acids is 1. The molecule has 0 bridgehead atoms. The van der Waals surface area contributed by atoms with Crippen LogP contribution in [0.25, 0.3) is 5.57 Å². The van der Waals surface area contributed by atoms with Crippen LogP contribution in [-0.2, 0) is 4.74 Å². The SMILES string of the molecule is C/C=C/C1=CCC(C)(F)C(c2cccc(C(=O)OC)n2)=CC1. The van der Waals surface area contributed by atoms with Crippen molar-refractivity contribution in [1.29, 1.82) is 0 Å². The molecular weight excluding hydrogens is 281 g/mol. The number of halogens is 1. The van der Waals surface area contributed by atoms with Gasteiger partial charge < -0.3 is 4.74 Å². The van der Waals surface area contributed by atoms with Crippen LogP contribution in [0.1, 0.15) is 42.9 Å². The van der Waals surface area contributed by atoms with Gasteiger partial charge in [-0.05, 0) is 38.0 Å². The highest BCUT2D eigenvalue weighted by Crippen LogP contribution is 2.36. The first kappa shape index (κ1) is 16.1. The van der Waals surface area contributed by atoms with Crippen molar-refractivity contribution in [2.45, 2.75) is 32.4 Å². The number of carbonyl (C=O) groups is 1. The first-order chi connectivity index (χ1) is 10.5. The summed E-state index contributed by atoms with van der Waals surface area (Å²) in [7, 11) is 1.30. The Bertz CT molecular complexity index is 657. The third kappa shape index (κ3) is 3.50. The van der Waals surface area contributed by atoms with Crippen molar-refractivity contribution in [2.24, 2.45) is 0 Å². The van der Waals surface area contributed by atoms with Gasteiger partial charge in [-0.25, -0.2) is 14.2 Å². The number of pyridine rings is 1. The van der Waals surface area contributed by atoms with Crippen molar-refractivity contribution >= 4 is 11.5 Å². The van der Waals surface area contributed by atoms with E-state index in [0.717, 1.165) is 5.57 Å². The van der Waals surface area contributed by atoms with Gasteiger partial charge in [0.25, 0.3) is 0 Å². The van der Waals surface area contributed by atoms with Crippen LogP contribution in [0.4, 0.5) is 4.39 Å². The maximum Gasteiger partial charge on any atom is 0.356 e. The zero-order chi connectivity index (χ0) is 16.2. The molecule has 0 saturated heterocycles. The lowest BCUT2D eigenvalue weighted by atomic mass is 9.91. The molecule has 0 saturated carbocycles. The molecule has 1 unspecified atom stereocenters. The lowest BCUT2D eigenvalue weighted by molar-refractivity contribution is 0.0594. The van der Waals surface area contributed by atoms with Crippen molar-refractivity contribution in [3.05, 3.63) is 59.5 Å². The normalized spacial score (nSPS) is 22.0. The molecule has 116 valence electrons. The number of hydrogen-bond acceptors (Lipinski definition) is 3. The minimum absolute atomic E-state index is 0.183. The molecule has 1 heterocycles. The van der Waals surface area contributed by atoms with E-state index in [1.165, 1.54) is 7.11 Å². The molecular formula is C18H20FNO2.